The molecular formula is C14H26N4O4S. The lowest BCUT2D eigenvalue weighted by Crippen LogP contribution is -2.49. The van der Waals surface area contributed by atoms with Crippen LogP contribution in [-0.2, 0) is 19.8 Å². The van der Waals surface area contributed by atoms with Crippen LogP contribution in [0.2, 0.25) is 0 Å². The number of carbonyl (C=O) groups is 2. The van der Waals surface area contributed by atoms with Crippen LogP contribution in [0.25, 0.3) is 0 Å². The molecule has 2 rings (SSSR count). The van der Waals surface area contributed by atoms with E-state index in [-0.39, 0.29) is 23.7 Å². The van der Waals surface area contributed by atoms with Crippen LogP contribution in [0.5, 0.6) is 0 Å². The number of carbonyl (C=O) groups excluding carboxylic acids is 2. The average molecular weight is 346 g/mol. The Bertz CT molecular complexity index is 547. The largest absolute Gasteiger partial charge is 0.369 e. The fourth-order valence-corrected chi connectivity index (χ4v) is 4.34. The Hall–Kier alpha value is -1.19. The SMILES string of the molecule is CN(C)S(=O)(=O)N1CCC(C(=O)N2CCC(C(N)=O)CC2)CC1. The highest BCUT2D eigenvalue weighted by Gasteiger charge is 2.35. The van der Waals surface area contributed by atoms with E-state index in [0.717, 1.165) is 0 Å². The minimum Gasteiger partial charge on any atom is -0.369 e. The van der Waals surface area contributed by atoms with Gasteiger partial charge in [0.05, 0.1) is 0 Å². The normalized spacial score (nSPS) is 22.5. The second-order valence-electron chi connectivity index (χ2n) is 6.47. The van der Waals surface area contributed by atoms with Gasteiger partial charge in [-0.25, -0.2) is 0 Å². The van der Waals surface area contributed by atoms with Crippen molar-refractivity contribution in [2.75, 3.05) is 40.3 Å². The van der Waals surface area contributed by atoms with E-state index in [9.17, 15) is 18.0 Å². The van der Waals surface area contributed by atoms with Gasteiger partial charge >= 0.3 is 0 Å². The molecule has 0 bridgehead atoms. The highest BCUT2D eigenvalue weighted by molar-refractivity contribution is 7.86. The molecule has 2 saturated heterocycles. The Morgan fingerprint density at radius 3 is 1.87 bits per heavy atom. The van der Waals surface area contributed by atoms with Crippen molar-refractivity contribution in [3.05, 3.63) is 0 Å². The van der Waals surface area contributed by atoms with Crippen LogP contribution in [0.1, 0.15) is 25.7 Å². The molecule has 0 spiro atoms. The monoisotopic (exact) mass is 346 g/mol. The number of piperidine rings is 2. The van der Waals surface area contributed by atoms with Crippen LogP contribution in [0.4, 0.5) is 0 Å². The van der Waals surface area contributed by atoms with Crippen molar-refractivity contribution in [3.8, 4) is 0 Å². The molecule has 2 heterocycles. The molecule has 0 aromatic carbocycles. The number of amides is 2. The lowest BCUT2D eigenvalue weighted by atomic mass is 9.92. The second kappa shape index (κ2) is 7.14. The van der Waals surface area contributed by atoms with E-state index < -0.39 is 10.2 Å². The second-order valence-corrected chi connectivity index (χ2v) is 8.61. The van der Waals surface area contributed by atoms with Gasteiger partial charge in [0.15, 0.2) is 0 Å². The van der Waals surface area contributed by atoms with Gasteiger partial charge in [0.25, 0.3) is 10.2 Å². The molecule has 0 atom stereocenters. The average Bonchev–Trinajstić information content (AvgIpc) is 2.54. The summed E-state index contributed by atoms with van der Waals surface area (Å²) in [6, 6.07) is 0. The topological polar surface area (TPSA) is 104 Å². The zero-order valence-corrected chi connectivity index (χ0v) is 14.6. The van der Waals surface area contributed by atoms with Crippen LogP contribution in [0.15, 0.2) is 0 Å². The summed E-state index contributed by atoms with van der Waals surface area (Å²) in [7, 11) is -0.382. The minimum absolute atomic E-state index is 0.0785. The lowest BCUT2D eigenvalue weighted by Gasteiger charge is -2.36. The Morgan fingerprint density at radius 1 is 0.957 bits per heavy atom. The van der Waals surface area contributed by atoms with Crippen LogP contribution < -0.4 is 5.73 Å². The van der Waals surface area contributed by atoms with E-state index >= 15 is 0 Å². The van der Waals surface area contributed by atoms with E-state index in [1.54, 1.807) is 4.90 Å². The Morgan fingerprint density at radius 2 is 1.43 bits per heavy atom. The number of primary amides is 1. The molecule has 0 aromatic rings. The number of hydrogen-bond acceptors (Lipinski definition) is 4. The quantitative estimate of drug-likeness (QED) is 0.721. The maximum atomic E-state index is 12.6. The fraction of sp³-hybridized carbons (Fsp3) is 0.857. The third-order valence-corrected chi connectivity index (χ3v) is 6.74. The van der Waals surface area contributed by atoms with E-state index in [1.807, 2.05) is 0 Å². The van der Waals surface area contributed by atoms with Gasteiger partial charge in [0, 0.05) is 52.1 Å². The molecule has 132 valence electrons. The first kappa shape index (κ1) is 18.2. The molecule has 8 nitrogen and oxygen atoms in total. The van der Waals surface area contributed by atoms with Gasteiger partial charge in [-0.15, -0.1) is 0 Å². The molecule has 2 fully saturated rings. The molecule has 9 heteroatoms. The van der Waals surface area contributed by atoms with Crippen molar-refractivity contribution in [2.45, 2.75) is 25.7 Å². The van der Waals surface area contributed by atoms with Crippen molar-refractivity contribution in [1.29, 1.82) is 0 Å². The minimum atomic E-state index is -3.40. The van der Waals surface area contributed by atoms with E-state index in [2.05, 4.69) is 0 Å². The highest BCUT2D eigenvalue weighted by atomic mass is 32.2. The van der Waals surface area contributed by atoms with Crippen molar-refractivity contribution in [2.24, 2.45) is 17.6 Å². The van der Waals surface area contributed by atoms with Gasteiger partial charge in [-0.1, -0.05) is 0 Å². The Balaban J connectivity index is 1.86. The van der Waals surface area contributed by atoms with E-state index in [1.165, 1.54) is 22.7 Å². The summed E-state index contributed by atoms with van der Waals surface area (Å²) in [6.45, 7) is 1.86. The van der Waals surface area contributed by atoms with Crippen molar-refractivity contribution >= 4 is 22.0 Å². The molecule has 2 N–H and O–H groups in total. The molecular weight excluding hydrogens is 320 g/mol. The van der Waals surface area contributed by atoms with Crippen LogP contribution in [-0.4, -0.2) is 74.0 Å². The smallest absolute Gasteiger partial charge is 0.281 e. The zero-order chi connectivity index (χ0) is 17.2. The first-order valence-corrected chi connectivity index (χ1v) is 9.39. The predicted octanol–water partition coefficient (Wildman–Crippen LogP) is -0.771. The highest BCUT2D eigenvalue weighted by Crippen LogP contribution is 2.25. The Kier molecular flexibility index (Phi) is 5.64. The first-order chi connectivity index (χ1) is 10.7. The maximum absolute atomic E-state index is 12.6. The number of hydrogen-bond donors (Lipinski definition) is 1. The van der Waals surface area contributed by atoms with Gasteiger partial charge in [-0.3, -0.25) is 9.59 Å². The van der Waals surface area contributed by atoms with E-state index in [4.69, 9.17) is 5.73 Å². The molecule has 0 aliphatic carbocycles. The number of rotatable bonds is 4. The first-order valence-electron chi connectivity index (χ1n) is 7.99. The zero-order valence-electron chi connectivity index (χ0n) is 13.8. The van der Waals surface area contributed by atoms with Gasteiger partial charge in [-0.2, -0.15) is 17.0 Å². The molecule has 2 aliphatic rings. The van der Waals surface area contributed by atoms with E-state index in [0.29, 0.717) is 51.9 Å². The van der Waals surface area contributed by atoms with Gasteiger partial charge in [0.1, 0.15) is 0 Å². The molecule has 0 aromatic heterocycles. The maximum Gasteiger partial charge on any atom is 0.281 e. The predicted molar refractivity (Wildman–Crippen MR) is 85.4 cm³/mol. The van der Waals surface area contributed by atoms with Gasteiger partial charge in [-0.05, 0) is 25.7 Å². The van der Waals surface area contributed by atoms with Gasteiger partial charge < -0.3 is 10.6 Å². The molecule has 0 saturated carbocycles. The molecule has 23 heavy (non-hydrogen) atoms. The summed E-state index contributed by atoms with van der Waals surface area (Å²) in [5, 5.41) is 0. The van der Waals surface area contributed by atoms with Crippen LogP contribution in [0.3, 0.4) is 0 Å². The third kappa shape index (κ3) is 4.02. The fourth-order valence-electron chi connectivity index (χ4n) is 3.21. The standard InChI is InChI=1S/C14H26N4O4S/c1-16(2)23(21,22)18-9-5-12(6-10-18)14(20)17-7-3-11(4-8-17)13(15)19/h11-12H,3-10H2,1-2H3,(H2,15,19). The summed E-state index contributed by atoms with van der Waals surface area (Å²) in [5.41, 5.74) is 5.30. The van der Waals surface area contributed by atoms with Crippen LogP contribution >= 0.6 is 0 Å². The number of likely N-dealkylation sites (tertiary alicyclic amines) is 1. The number of nitrogens with two attached hydrogens (primary N) is 1. The Labute approximate surface area is 137 Å². The van der Waals surface area contributed by atoms with Crippen molar-refractivity contribution < 1.29 is 18.0 Å². The molecule has 2 aliphatic heterocycles. The van der Waals surface area contributed by atoms with Crippen LogP contribution in [0, 0.1) is 11.8 Å². The summed E-state index contributed by atoms with van der Waals surface area (Å²) >= 11 is 0. The summed E-state index contributed by atoms with van der Waals surface area (Å²) in [5.74, 6) is -0.478. The molecule has 0 unspecified atom stereocenters. The molecule has 0 radical (unpaired) electrons. The van der Waals surface area contributed by atoms with Gasteiger partial charge in [0.2, 0.25) is 11.8 Å². The summed E-state index contributed by atoms with van der Waals surface area (Å²) < 4.78 is 26.8. The van der Waals surface area contributed by atoms with Crippen molar-refractivity contribution in [1.82, 2.24) is 13.5 Å². The summed E-state index contributed by atoms with van der Waals surface area (Å²) in [6.07, 6.45) is 2.33. The molecule has 2 amide bonds. The van der Waals surface area contributed by atoms with Crippen molar-refractivity contribution in [3.63, 3.8) is 0 Å². The number of nitrogens with zero attached hydrogens (tertiary/aromatic N) is 3. The lowest BCUT2D eigenvalue weighted by molar-refractivity contribution is -0.139. The third-order valence-electron chi connectivity index (χ3n) is 4.80. The summed E-state index contributed by atoms with van der Waals surface area (Å²) in [4.78, 5) is 25.5.